The van der Waals surface area contributed by atoms with Gasteiger partial charge < -0.3 is 4.90 Å². The van der Waals surface area contributed by atoms with Crippen molar-refractivity contribution in [1.29, 1.82) is 0 Å². The van der Waals surface area contributed by atoms with Crippen molar-refractivity contribution in [2.24, 2.45) is 0 Å². The van der Waals surface area contributed by atoms with Gasteiger partial charge in [-0.2, -0.15) is 8.42 Å². The number of nitrogens with zero attached hydrogens (tertiary/aromatic N) is 1. The molecule has 0 aromatic heterocycles. The summed E-state index contributed by atoms with van der Waals surface area (Å²) < 4.78 is 33.2. The highest BCUT2D eigenvalue weighted by Gasteiger charge is 2.24. The number of hydrogen-bond donors (Lipinski definition) is 1. The quantitative estimate of drug-likeness (QED) is 0.442. The van der Waals surface area contributed by atoms with E-state index in [2.05, 4.69) is 25.7 Å². The van der Waals surface area contributed by atoms with Crippen LogP contribution in [0.15, 0.2) is 89.8 Å². The van der Waals surface area contributed by atoms with Crippen LogP contribution in [0.25, 0.3) is 0 Å². The second-order valence-electron chi connectivity index (χ2n) is 6.57. The average molecular weight is 444 g/mol. The standard InChI is InChI=1S/C18H15O3PS.C6H15N/c19-23(20,21)18-14-8-7-13-17(18)22(15-9-3-1-4-10-15)16-11-5-2-6-12-16;1-4-7(5-2)6-3/h1-14H,(H,19,20,21);4-6H2,1-3H3. The van der Waals surface area contributed by atoms with E-state index in [0.717, 1.165) is 10.6 Å². The van der Waals surface area contributed by atoms with Crippen LogP contribution in [0.5, 0.6) is 0 Å². The predicted octanol–water partition coefficient (Wildman–Crippen LogP) is 4.04. The predicted molar refractivity (Wildman–Crippen MR) is 128 cm³/mol. The Morgan fingerprint density at radius 3 is 1.47 bits per heavy atom. The molecular weight excluding hydrogens is 413 g/mol. The molecule has 0 heterocycles. The molecule has 0 bridgehead atoms. The highest BCUT2D eigenvalue weighted by atomic mass is 32.2. The molecule has 0 fully saturated rings. The normalized spacial score (nSPS) is 11.3. The van der Waals surface area contributed by atoms with Crippen molar-refractivity contribution in [3.8, 4) is 0 Å². The topological polar surface area (TPSA) is 57.6 Å². The van der Waals surface area contributed by atoms with Gasteiger partial charge in [-0.05, 0) is 44.2 Å². The molecule has 30 heavy (non-hydrogen) atoms. The Bertz CT molecular complexity index is 946. The molecule has 4 nitrogen and oxygen atoms in total. The monoisotopic (exact) mass is 443 g/mol. The number of rotatable bonds is 7. The SMILES string of the molecule is CCN(CC)CC.O=S(=O)(O)c1ccccc1P(c1ccccc1)c1ccccc1. The lowest BCUT2D eigenvalue weighted by Crippen LogP contribution is -2.24. The molecule has 0 atom stereocenters. The van der Waals surface area contributed by atoms with Crippen LogP contribution in [0.4, 0.5) is 0 Å². The van der Waals surface area contributed by atoms with Crippen LogP contribution in [0, 0.1) is 0 Å². The third-order valence-electron chi connectivity index (χ3n) is 4.75. The lowest BCUT2D eigenvalue weighted by atomic mass is 10.3. The van der Waals surface area contributed by atoms with Crippen molar-refractivity contribution in [1.82, 2.24) is 4.90 Å². The summed E-state index contributed by atoms with van der Waals surface area (Å²) in [5.41, 5.74) is 0. The molecule has 0 unspecified atom stereocenters. The zero-order valence-electron chi connectivity index (χ0n) is 17.8. The van der Waals surface area contributed by atoms with E-state index >= 15 is 0 Å². The van der Waals surface area contributed by atoms with Crippen molar-refractivity contribution in [2.75, 3.05) is 19.6 Å². The van der Waals surface area contributed by atoms with Gasteiger partial charge in [0.15, 0.2) is 0 Å². The fourth-order valence-electron chi connectivity index (χ4n) is 3.11. The lowest BCUT2D eigenvalue weighted by molar-refractivity contribution is 0.321. The van der Waals surface area contributed by atoms with Crippen LogP contribution in [0.2, 0.25) is 0 Å². The van der Waals surface area contributed by atoms with E-state index in [1.54, 1.807) is 18.2 Å². The summed E-state index contributed by atoms with van der Waals surface area (Å²) in [5, 5.41) is 2.69. The van der Waals surface area contributed by atoms with Crippen molar-refractivity contribution >= 4 is 34.0 Å². The summed E-state index contributed by atoms with van der Waals surface area (Å²) in [6, 6.07) is 26.2. The summed E-state index contributed by atoms with van der Waals surface area (Å²) in [7, 11) is -5.35. The molecule has 3 aromatic carbocycles. The summed E-state index contributed by atoms with van der Waals surface area (Å²) in [5.74, 6) is 0. The fraction of sp³-hybridized carbons (Fsp3) is 0.250. The van der Waals surface area contributed by atoms with E-state index < -0.39 is 18.0 Å². The van der Waals surface area contributed by atoms with Crippen LogP contribution in [-0.4, -0.2) is 37.5 Å². The second-order valence-corrected chi connectivity index (χ2v) is 10.1. The van der Waals surface area contributed by atoms with Crippen LogP contribution in [0.3, 0.4) is 0 Å². The highest BCUT2D eigenvalue weighted by Crippen LogP contribution is 2.35. The van der Waals surface area contributed by atoms with Crippen molar-refractivity contribution in [3.05, 3.63) is 84.9 Å². The molecular formula is C24H30NO3PS. The van der Waals surface area contributed by atoms with Gasteiger partial charge in [-0.25, -0.2) is 0 Å². The molecule has 0 aliphatic rings. The summed E-state index contributed by atoms with van der Waals surface area (Å²) >= 11 is 0. The lowest BCUT2D eigenvalue weighted by Gasteiger charge is -2.21. The zero-order chi connectivity index (χ0) is 22.0. The van der Waals surface area contributed by atoms with Gasteiger partial charge in [0.1, 0.15) is 4.90 Å². The van der Waals surface area contributed by atoms with Crippen LogP contribution >= 0.6 is 7.92 Å². The minimum absolute atomic E-state index is 0.0289. The van der Waals surface area contributed by atoms with Crippen LogP contribution in [0.1, 0.15) is 20.8 Å². The number of hydrogen-bond acceptors (Lipinski definition) is 3. The van der Waals surface area contributed by atoms with E-state index in [-0.39, 0.29) is 4.90 Å². The zero-order valence-corrected chi connectivity index (χ0v) is 19.5. The first-order valence-corrected chi connectivity index (χ1v) is 12.9. The first kappa shape index (κ1) is 24.2. The van der Waals surface area contributed by atoms with Gasteiger partial charge in [-0.1, -0.05) is 99.6 Å². The molecule has 3 aromatic rings. The van der Waals surface area contributed by atoms with Gasteiger partial charge in [-0.3, -0.25) is 4.55 Å². The fourth-order valence-corrected chi connectivity index (χ4v) is 6.64. The molecule has 0 aliphatic carbocycles. The molecule has 6 heteroatoms. The minimum atomic E-state index is -4.28. The van der Waals surface area contributed by atoms with E-state index in [9.17, 15) is 13.0 Å². The maximum Gasteiger partial charge on any atom is 0.295 e. The molecule has 0 aliphatic heterocycles. The Kier molecular flexibility index (Phi) is 9.67. The van der Waals surface area contributed by atoms with Gasteiger partial charge >= 0.3 is 0 Å². The maximum atomic E-state index is 11.8. The first-order valence-electron chi connectivity index (χ1n) is 10.1. The molecule has 160 valence electrons. The number of benzene rings is 3. The van der Waals surface area contributed by atoms with Crippen molar-refractivity contribution in [3.63, 3.8) is 0 Å². The van der Waals surface area contributed by atoms with Gasteiger partial charge in [0.2, 0.25) is 0 Å². The molecule has 0 saturated carbocycles. The van der Waals surface area contributed by atoms with Gasteiger partial charge in [-0.15, -0.1) is 0 Å². The Hall–Kier alpha value is -2.04. The Balaban J connectivity index is 0.000000396. The van der Waals surface area contributed by atoms with Crippen molar-refractivity contribution < 1.29 is 13.0 Å². The van der Waals surface area contributed by atoms with Crippen LogP contribution in [-0.2, 0) is 10.1 Å². The summed E-state index contributed by atoms with van der Waals surface area (Å²) in [6.45, 7) is 10.1. The minimum Gasteiger partial charge on any atom is -0.304 e. The summed E-state index contributed by atoms with van der Waals surface area (Å²) in [6.07, 6.45) is 0. The molecule has 0 saturated heterocycles. The van der Waals surface area contributed by atoms with Crippen LogP contribution < -0.4 is 15.9 Å². The Morgan fingerprint density at radius 1 is 0.700 bits per heavy atom. The van der Waals surface area contributed by atoms with E-state index in [1.807, 2.05) is 60.7 Å². The molecule has 0 amide bonds. The third kappa shape index (κ3) is 6.75. The van der Waals surface area contributed by atoms with E-state index in [4.69, 9.17) is 0 Å². The molecule has 3 rings (SSSR count). The van der Waals surface area contributed by atoms with Gasteiger partial charge in [0.05, 0.1) is 0 Å². The van der Waals surface area contributed by atoms with E-state index in [0.29, 0.717) is 5.30 Å². The highest BCUT2D eigenvalue weighted by molar-refractivity contribution is 7.88. The smallest absolute Gasteiger partial charge is 0.295 e. The largest absolute Gasteiger partial charge is 0.304 e. The first-order chi connectivity index (χ1) is 14.4. The second kappa shape index (κ2) is 12.0. The molecule has 0 radical (unpaired) electrons. The molecule has 0 spiro atoms. The maximum absolute atomic E-state index is 11.8. The molecule has 1 N–H and O–H groups in total. The average Bonchev–Trinajstić information content (AvgIpc) is 2.77. The van der Waals surface area contributed by atoms with Crippen molar-refractivity contribution in [2.45, 2.75) is 25.7 Å². The summed E-state index contributed by atoms with van der Waals surface area (Å²) in [4.78, 5) is 2.35. The van der Waals surface area contributed by atoms with Gasteiger partial charge in [0.25, 0.3) is 10.1 Å². The van der Waals surface area contributed by atoms with Gasteiger partial charge in [0, 0.05) is 5.30 Å². The Morgan fingerprint density at radius 2 is 1.10 bits per heavy atom. The third-order valence-corrected chi connectivity index (χ3v) is 8.32. The Labute approximate surface area is 182 Å². The van der Waals surface area contributed by atoms with E-state index in [1.165, 1.54) is 25.7 Å².